The normalized spacial score (nSPS) is 10.6. The second-order valence-corrected chi connectivity index (χ2v) is 4.82. The average Bonchev–Trinajstić information content (AvgIpc) is 2.97. The van der Waals surface area contributed by atoms with Crippen molar-refractivity contribution in [3.8, 4) is 11.8 Å². The number of thiophene rings is 1. The highest BCUT2D eigenvalue weighted by atomic mass is 32.1. The Morgan fingerprint density at radius 1 is 1.24 bits per heavy atom. The predicted octanol–water partition coefficient (Wildman–Crippen LogP) is 3.55. The molecule has 108 valence electrons. The van der Waals surface area contributed by atoms with Crippen LogP contribution in [0, 0.1) is 11.8 Å². The van der Waals surface area contributed by atoms with Crippen LogP contribution in [-0.2, 0) is 6.18 Å². The lowest BCUT2D eigenvalue weighted by atomic mass is 10.1. The summed E-state index contributed by atoms with van der Waals surface area (Å²) >= 11 is 1.39. The number of nitrogens with one attached hydrogen (secondary N) is 1. The number of amides is 1. The molecular weight excluding hydrogens is 299 g/mol. The van der Waals surface area contributed by atoms with Crippen LogP contribution in [0.3, 0.4) is 0 Å². The highest BCUT2D eigenvalue weighted by molar-refractivity contribution is 7.08. The summed E-state index contributed by atoms with van der Waals surface area (Å²) in [5.41, 5.74) is -0.367. The first-order valence-corrected chi connectivity index (χ1v) is 6.88. The van der Waals surface area contributed by atoms with Crippen molar-refractivity contribution in [2.45, 2.75) is 6.18 Å². The average molecular weight is 309 g/mol. The van der Waals surface area contributed by atoms with Gasteiger partial charge >= 0.3 is 6.18 Å². The Morgan fingerprint density at radius 3 is 2.67 bits per heavy atom. The van der Waals surface area contributed by atoms with E-state index >= 15 is 0 Å². The van der Waals surface area contributed by atoms with E-state index in [1.807, 2.05) is 0 Å². The fourth-order valence-electron chi connectivity index (χ4n) is 1.60. The molecule has 0 saturated carbocycles. The number of benzene rings is 1. The second-order valence-electron chi connectivity index (χ2n) is 4.04. The molecule has 2 aromatic rings. The van der Waals surface area contributed by atoms with E-state index in [-0.39, 0.29) is 18.0 Å². The highest BCUT2D eigenvalue weighted by Gasteiger charge is 2.32. The van der Waals surface area contributed by atoms with Gasteiger partial charge in [0.2, 0.25) is 0 Å². The van der Waals surface area contributed by atoms with Crippen LogP contribution in [-0.4, -0.2) is 12.5 Å². The summed E-state index contributed by atoms with van der Waals surface area (Å²) in [5, 5.41) is 5.97. The third-order valence-corrected chi connectivity index (χ3v) is 3.26. The van der Waals surface area contributed by atoms with E-state index in [1.165, 1.54) is 29.5 Å². The number of alkyl halides is 3. The molecule has 0 aliphatic rings. The Balaban J connectivity index is 2.02. The van der Waals surface area contributed by atoms with Crippen molar-refractivity contribution in [3.63, 3.8) is 0 Å². The number of rotatable bonds is 2. The highest BCUT2D eigenvalue weighted by Crippen LogP contribution is 2.31. The van der Waals surface area contributed by atoms with E-state index < -0.39 is 11.7 Å². The first kappa shape index (κ1) is 15.1. The summed E-state index contributed by atoms with van der Waals surface area (Å²) < 4.78 is 38.2. The lowest BCUT2D eigenvalue weighted by molar-refractivity contribution is -0.137. The van der Waals surface area contributed by atoms with Gasteiger partial charge in [-0.15, -0.1) is 0 Å². The molecule has 0 saturated heterocycles. The van der Waals surface area contributed by atoms with E-state index in [2.05, 4.69) is 17.2 Å². The van der Waals surface area contributed by atoms with Crippen LogP contribution >= 0.6 is 11.3 Å². The Bertz CT molecular complexity index is 681. The van der Waals surface area contributed by atoms with Gasteiger partial charge < -0.3 is 5.32 Å². The van der Waals surface area contributed by atoms with Gasteiger partial charge in [-0.3, -0.25) is 4.79 Å². The third kappa shape index (κ3) is 4.10. The van der Waals surface area contributed by atoms with Crippen LogP contribution in [0.15, 0.2) is 41.1 Å². The lowest BCUT2D eigenvalue weighted by Gasteiger charge is -2.08. The van der Waals surface area contributed by atoms with Crippen molar-refractivity contribution in [1.29, 1.82) is 0 Å². The van der Waals surface area contributed by atoms with Crippen LogP contribution < -0.4 is 5.32 Å². The minimum absolute atomic E-state index is 0.0130. The van der Waals surface area contributed by atoms with E-state index in [9.17, 15) is 18.0 Å². The number of carbonyl (C=O) groups excluding carboxylic acids is 1. The van der Waals surface area contributed by atoms with Gasteiger partial charge in [0.25, 0.3) is 5.91 Å². The van der Waals surface area contributed by atoms with Gasteiger partial charge in [0.15, 0.2) is 0 Å². The molecule has 2 rings (SSSR count). The summed E-state index contributed by atoms with van der Waals surface area (Å²) in [6.07, 6.45) is -4.44. The lowest BCUT2D eigenvalue weighted by Crippen LogP contribution is -2.22. The Labute approximate surface area is 123 Å². The molecule has 0 fully saturated rings. The van der Waals surface area contributed by atoms with E-state index in [0.29, 0.717) is 5.56 Å². The summed E-state index contributed by atoms with van der Waals surface area (Å²) in [7, 11) is 0. The minimum Gasteiger partial charge on any atom is -0.341 e. The molecule has 1 aromatic carbocycles. The van der Waals surface area contributed by atoms with Crippen LogP contribution in [0.5, 0.6) is 0 Å². The van der Waals surface area contributed by atoms with Gasteiger partial charge in [0, 0.05) is 10.9 Å². The molecule has 0 spiro atoms. The second kappa shape index (κ2) is 6.46. The Morgan fingerprint density at radius 2 is 2.00 bits per heavy atom. The van der Waals surface area contributed by atoms with Crippen molar-refractivity contribution in [2.24, 2.45) is 0 Å². The molecule has 2 nitrogen and oxygen atoms in total. The first-order chi connectivity index (χ1) is 9.98. The molecule has 6 heteroatoms. The molecule has 1 N–H and O–H groups in total. The molecule has 1 amide bonds. The summed E-state index contributed by atoms with van der Waals surface area (Å²) in [6.45, 7) is -0.0130. The smallest absolute Gasteiger partial charge is 0.341 e. The molecule has 1 aromatic heterocycles. The van der Waals surface area contributed by atoms with Crippen LogP contribution in [0.25, 0.3) is 0 Å². The zero-order chi connectivity index (χ0) is 15.3. The number of hydrogen-bond acceptors (Lipinski definition) is 2. The van der Waals surface area contributed by atoms with Crippen molar-refractivity contribution in [3.05, 3.63) is 57.8 Å². The molecule has 21 heavy (non-hydrogen) atoms. The van der Waals surface area contributed by atoms with Crippen molar-refractivity contribution < 1.29 is 18.0 Å². The SMILES string of the molecule is O=C(NCC#Cc1ccccc1C(F)(F)F)c1ccsc1. The molecule has 1 heterocycles. The number of carbonyl (C=O) groups is 1. The van der Waals surface area contributed by atoms with Gasteiger partial charge in [-0.1, -0.05) is 24.0 Å². The maximum atomic E-state index is 12.7. The summed E-state index contributed by atoms with van der Waals surface area (Å²) in [6, 6.07) is 6.74. The Kier molecular flexibility index (Phi) is 4.66. The molecule has 0 unspecified atom stereocenters. The predicted molar refractivity (Wildman–Crippen MR) is 75.0 cm³/mol. The van der Waals surface area contributed by atoms with Gasteiger partial charge in [-0.2, -0.15) is 24.5 Å². The zero-order valence-electron chi connectivity index (χ0n) is 10.7. The standard InChI is InChI=1S/C15H10F3NOS/c16-15(17,18)13-6-2-1-4-11(13)5-3-8-19-14(20)12-7-9-21-10-12/h1-2,4,6-7,9-10H,8H2,(H,19,20). The molecule has 0 bridgehead atoms. The molecule has 0 radical (unpaired) electrons. The summed E-state index contributed by atoms with van der Waals surface area (Å²) in [5.74, 6) is 4.67. The topological polar surface area (TPSA) is 29.1 Å². The van der Waals surface area contributed by atoms with Gasteiger partial charge in [0.05, 0.1) is 17.7 Å². The molecular formula is C15H10F3NOS. The van der Waals surface area contributed by atoms with Crippen LogP contribution in [0.2, 0.25) is 0 Å². The maximum absolute atomic E-state index is 12.7. The Hall–Kier alpha value is -2.26. The van der Waals surface area contributed by atoms with Crippen LogP contribution in [0.4, 0.5) is 13.2 Å². The van der Waals surface area contributed by atoms with Crippen molar-refractivity contribution in [1.82, 2.24) is 5.32 Å². The van der Waals surface area contributed by atoms with Gasteiger partial charge in [-0.25, -0.2) is 0 Å². The van der Waals surface area contributed by atoms with E-state index in [1.54, 1.807) is 16.8 Å². The minimum atomic E-state index is -4.44. The van der Waals surface area contributed by atoms with Crippen molar-refractivity contribution in [2.75, 3.05) is 6.54 Å². The van der Waals surface area contributed by atoms with Gasteiger partial charge in [0.1, 0.15) is 0 Å². The van der Waals surface area contributed by atoms with Gasteiger partial charge in [-0.05, 0) is 23.6 Å². The monoisotopic (exact) mass is 309 g/mol. The van der Waals surface area contributed by atoms with E-state index in [4.69, 9.17) is 0 Å². The quantitative estimate of drug-likeness (QED) is 0.845. The molecule has 0 aliphatic carbocycles. The maximum Gasteiger partial charge on any atom is 0.417 e. The van der Waals surface area contributed by atoms with Crippen molar-refractivity contribution >= 4 is 17.2 Å². The number of halogens is 3. The fourth-order valence-corrected chi connectivity index (χ4v) is 2.23. The first-order valence-electron chi connectivity index (χ1n) is 5.94. The van der Waals surface area contributed by atoms with E-state index in [0.717, 1.165) is 6.07 Å². The summed E-state index contributed by atoms with van der Waals surface area (Å²) in [4.78, 5) is 11.6. The molecule has 0 aliphatic heterocycles. The number of hydrogen-bond donors (Lipinski definition) is 1. The largest absolute Gasteiger partial charge is 0.417 e. The third-order valence-electron chi connectivity index (χ3n) is 2.58. The molecule has 0 atom stereocenters. The van der Waals surface area contributed by atoms with Crippen LogP contribution in [0.1, 0.15) is 21.5 Å². The fraction of sp³-hybridized carbons (Fsp3) is 0.133. The zero-order valence-corrected chi connectivity index (χ0v) is 11.5.